The van der Waals surface area contributed by atoms with Crippen LogP contribution in [0.4, 0.5) is 11.6 Å². The first-order valence-corrected chi connectivity index (χ1v) is 9.13. The van der Waals surface area contributed by atoms with Gasteiger partial charge in [-0.25, -0.2) is 23.1 Å². The van der Waals surface area contributed by atoms with Gasteiger partial charge in [0.1, 0.15) is 0 Å². The van der Waals surface area contributed by atoms with E-state index in [-0.39, 0.29) is 22.5 Å². The molecular weight excluding hydrogens is 344 g/mol. The highest BCUT2D eigenvalue weighted by Gasteiger charge is 2.21. The van der Waals surface area contributed by atoms with E-state index in [1.165, 1.54) is 37.4 Å². The molecule has 0 aliphatic heterocycles. The summed E-state index contributed by atoms with van der Waals surface area (Å²) in [5.41, 5.74) is 1.51. The summed E-state index contributed by atoms with van der Waals surface area (Å²) in [6.07, 6.45) is 3.13. The molecular formula is C16H16N4O4S. The van der Waals surface area contributed by atoms with Crippen molar-refractivity contribution >= 4 is 33.3 Å². The smallest absolute Gasteiger partial charge is 0.264 e. The largest absolute Gasteiger partial charge is 0.326 e. The van der Waals surface area contributed by atoms with E-state index in [2.05, 4.69) is 20.0 Å². The van der Waals surface area contributed by atoms with Gasteiger partial charge in [0.15, 0.2) is 5.78 Å². The van der Waals surface area contributed by atoms with E-state index in [1.54, 1.807) is 0 Å². The Bertz CT molecular complexity index is 939. The summed E-state index contributed by atoms with van der Waals surface area (Å²) < 4.78 is 27.2. The highest BCUT2D eigenvalue weighted by molar-refractivity contribution is 7.92. The number of anilines is 2. The zero-order valence-electron chi connectivity index (χ0n) is 13.4. The fraction of sp³-hybridized carbons (Fsp3) is 0.250. The first kappa shape index (κ1) is 17.0. The maximum absolute atomic E-state index is 12.4. The van der Waals surface area contributed by atoms with E-state index in [0.29, 0.717) is 36.2 Å². The van der Waals surface area contributed by atoms with Gasteiger partial charge in [-0.2, -0.15) is 0 Å². The SMILES string of the molecule is CC(=O)Nc1ccc(S(=O)(=O)Nc2ncc3c(n2)CCCC3=O)cc1. The lowest BCUT2D eigenvalue weighted by molar-refractivity contribution is -0.114. The minimum absolute atomic E-state index is 0.0130. The number of benzene rings is 1. The molecule has 2 aromatic rings. The van der Waals surface area contributed by atoms with Gasteiger partial charge in [-0.15, -0.1) is 0 Å². The molecule has 0 fully saturated rings. The van der Waals surface area contributed by atoms with Crippen molar-refractivity contribution in [1.29, 1.82) is 0 Å². The number of amides is 1. The highest BCUT2D eigenvalue weighted by atomic mass is 32.2. The molecule has 25 heavy (non-hydrogen) atoms. The van der Waals surface area contributed by atoms with Gasteiger partial charge in [-0.3, -0.25) is 9.59 Å². The first-order valence-electron chi connectivity index (χ1n) is 7.65. The fourth-order valence-corrected chi connectivity index (χ4v) is 3.49. The average molecular weight is 360 g/mol. The fourth-order valence-electron chi connectivity index (χ4n) is 2.54. The predicted octanol–water partition coefficient (Wildman–Crippen LogP) is 1.75. The molecule has 0 radical (unpaired) electrons. The van der Waals surface area contributed by atoms with Gasteiger partial charge in [-0.05, 0) is 37.1 Å². The molecule has 0 bridgehead atoms. The number of Topliss-reactive ketones (excluding diaryl/α,β-unsaturated/α-hetero) is 1. The summed E-state index contributed by atoms with van der Waals surface area (Å²) in [7, 11) is -3.87. The molecule has 1 aromatic carbocycles. The maximum Gasteiger partial charge on any atom is 0.264 e. The average Bonchev–Trinajstić information content (AvgIpc) is 2.54. The van der Waals surface area contributed by atoms with Crippen molar-refractivity contribution in [3.63, 3.8) is 0 Å². The number of hydrogen-bond acceptors (Lipinski definition) is 6. The van der Waals surface area contributed by atoms with Crippen LogP contribution in [0, 0.1) is 0 Å². The third-order valence-electron chi connectivity index (χ3n) is 3.70. The number of hydrogen-bond donors (Lipinski definition) is 2. The van der Waals surface area contributed by atoms with Crippen LogP contribution >= 0.6 is 0 Å². The van der Waals surface area contributed by atoms with Crippen LogP contribution in [0.15, 0.2) is 35.4 Å². The summed E-state index contributed by atoms with van der Waals surface area (Å²) >= 11 is 0. The Morgan fingerprint density at radius 2 is 1.88 bits per heavy atom. The monoisotopic (exact) mass is 360 g/mol. The van der Waals surface area contributed by atoms with Gasteiger partial charge in [0.25, 0.3) is 10.0 Å². The summed E-state index contributed by atoms with van der Waals surface area (Å²) in [6.45, 7) is 1.37. The molecule has 0 saturated carbocycles. The number of nitrogens with zero attached hydrogens (tertiary/aromatic N) is 2. The Kier molecular flexibility index (Phi) is 4.49. The number of nitrogens with one attached hydrogen (secondary N) is 2. The molecule has 0 unspecified atom stereocenters. The molecule has 0 atom stereocenters. The number of ketones is 1. The van der Waals surface area contributed by atoms with Crippen molar-refractivity contribution in [3.8, 4) is 0 Å². The maximum atomic E-state index is 12.4. The molecule has 3 rings (SSSR count). The molecule has 1 aromatic heterocycles. The zero-order valence-corrected chi connectivity index (χ0v) is 14.3. The minimum Gasteiger partial charge on any atom is -0.326 e. The molecule has 2 N–H and O–H groups in total. The summed E-state index contributed by atoms with van der Waals surface area (Å²) in [6, 6.07) is 5.72. The predicted molar refractivity (Wildman–Crippen MR) is 90.9 cm³/mol. The van der Waals surface area contributed by atoms with Crippen LogP contribution in [0.3, 0.4) is 0 Å². The van der Waals surface area contributed by atoms with Gasteiger partial charge in [-0.1, -0.05) is 0 Å². The molecule has 8 nitrogen and oxygen atoms in total. The quantitative estimate of drug-likeness (QED) is 0.857. The van der Waals surface area contributed by atoms with Crippen LogP contribution < -0.4 is 10.0 Å². The zero-order chi connectivity index (χ0) is 18.0. The third kappa shape index (κ3) is 3.82. The number of carbonyl (C=O) groups excluding carboxylic acids is 2. The molecule has 1 aliphatic carbocycles. The molecule has 0 spiro atoms. The molecule has 1 amide bonds. The van der Waals surface area contributed by atoms with Crippen molar-refractivity contribution in [3.05, 3.63) is 41.7 Å². The Labute approximate surface area is 144 Å². The lowest BCUT2D eigenvalue weighted by atomic mass is 9.96. The number of sulfonamides is 1. The van der Waals surface area contributed by atoms with Crippen LogP contribution in [0.1, 0.15) is 35.8 Å². The summed E-state index contributed by atoms with van der Waals surface area (Å²) in [4.78, 5) is 30.9. The van der Waals surface area contributed by atoms with Gasteiger partial charge in [0.05, 0.1) is 16.2 Å². The molecule has 0 saturated heterocycles. The highest BCUT2D eigenvalue weighted by Crippen LogP contribution is 2.21. The molecule has 9 heteroatoms. The Balaban J connectivity index is 1.82. The number of fused-ring (bicyclic) bond motifs is 1. The van der Waals surface area contributed by atoms with E-state index in [1.807, 2.05) is 0 Å². The second-order valence-electron chi connectivity index (χ2n) is 5.64. The van der Waals surface area contributed by atoms with Crippen LogP contribution in [-0.4, -0.2) is 30.1 Å². The van der Waals surface area contributed by atoms with Crippen molar-refractivity contribution in [2.45, 2.75) is 31.1 Å². The van der Waals surface area contributed by atoms with Gasteiger partial charge < -0.3 is 5.32 Å². The second-order valence-corrected chi connectivity index (χ2v) is 7.32. The topological polar surface area (TPSA) is 118 Å². The third-order valence-corrected chi connectivity index (χ3v) is 5.04. The van der Waals surface area contributed by atoms with Gasteiger partial charge in [0.2, 0.25) is 11.9 Å². The molecule has 1 heterocycles. The standard InChI is InChI=1S/C16H16N4O4S/c1-10(21)18-11-5-7-12(8-6-11)25(23,24)20-16-17-9-13-14(19-16)3-2-4-15(13)22/h5-9H,2-4H2,1H3,(H,18,21)(H,17,19,20). The Morgan fingerprint density at radius 3 is 2.56 bits per heavy atom. The van der Waals surface area contributed by atoms with Crippen LogP contribution in [0.5, 0.6) is 0 Å². The Hall–Kier alpha value is -2.81. The van der Waals surface area contributed by atoms with E-state index in [0.717, 1.165) is 0 Å². The second kappa shape index (κ2) is 6.60. The van der Waals surface area contributed by atoms with E-state index in [9.17, 15) is 18.0 Å². The molecule has 1 aliphatic rings. The number of rotatable bonds is 4. The minimum atomic E-state index is -3.87. The number of carbonyl (C=O) groups is 2. The van der Waals surface area contributed by atoms with Gasteiger partial charge >= 0.3 is 0 Å². The van der Waals surface area contributed by atoms with Crippen LogP contribution in [0.2, 0.25) is 0 Å². The van der Waals surface area contributed by atoms with Crippen molar-refractivity contribution in [1.82, 2.24) is 9.97 Å². The number of aryl methyl sites for hydroxylation is 1. The van der Waals surface area contributed by atoms with E-state index in [4.69, 9.17) is 0 Å². The van der Waals surface area contributed by atoms with E-state index < -0.39 is 10.0 Å². The number of aromatic nitrogens is 2. The first-order chi connectivity index (χ1) is 11.8. The van der Waals surface area contributed by atoms with Crippen LogP contribution in [-0.2, 0) is 21.2 Å². The Morgan fingerprint density at radius 1 is 1.16 bits per heavy atom. The van der Waals surface area contributed by atoms with Crippen LogP contribution in [0.25, 0.3) is 0 Å². The van der Waals surface area contributed by atoms with Crippen molar-refractivity contribution in [2.24, 2.45) is 0 Å². The van der Waals surface area contributed by atoms with E-state index >= 15 is 0 Å². The van der Waals surface area contributed by atoms with Gasteiger partial charge in [0, 0.05) is 25.2 Å². The lowest BCUT2D eigenvalue weighted by Gasteiger charge is -2.14. The lowest BCUT2D eigenvalue weighted by Crippen LogP contribution is -2.19. The van der Waals surface area contributed by atoms with Crippen molar-refractivity contribution in [2.75, 3.05) is 10.0 Å². The summed E-state index contributed by atoms with van der Waals surface area (Å²) in [5.74, 6) is -0.339. The van der Waals surface area contributed by atoms with Crippen molar-refractivity contribution < 1.29 is 18.0 Å². The normalized spacial score (nSPS) is 13.9. The molecule has 130 valence electrons. The summed E-state index contributed by atoms with van der Waals surface area (Å²) in [5, 5.41) is 2.56.